The molecule has 0 aliphatic carbocycles. The van der Waals surface area contributed by atoms with Gasteiger partial charge in [0, 0.05) is 9.35 Å². The van der Waals surface area contributed by atoms with Gasteiger partial charge in [0.05, 0.1) is 15.9 Å². The molecule has 0 saturated heterocycles. The highest BCUT2D eigenvalue weighted by molar-refractivity contribution is 9.11. The van der Waals surface area contributed by atoms with E-state index >= 15 is 0 Å². The highest BCUT2D eigenvalue weighted by Gasteiger charge is 2.15. The zero-order valence-electron chi connectivity index (χ0n) is 9.04. The van der Waals surface area contributed by atoms with E-state index in [0.29, 0.717) is 11.0 Å². The van der Waals surface area contributed by atoms with Crippen molar-refractivity contribution in [3.05, 3.63) is 54.8 Å². The van der Waals surface area contributed by atoms with Crippen molar-refractivity contribution < 1.29 is 9.18 Å². The normalized spacial score (nSPS) is 10.4. The van der Waals surface area contributed by atoms with Crippen LogP contribution in [0.1, 0.15) is 15.2 Å². The summed E-state index contributed by atoms with van der Waals surface area (Å²) in [7, 11) is 0. The van der Waals surface area contributed by atoms with Gasteiger partial charge in [-0.3, -0.25) is 4.79 Å². The topological polar surface area (TPSA) is 29.1 Å². The molecule has 6 heteroatoms. The van der Waals surface area contributed by atoms with Crippen LogP contribution in [0.15, 0.2) is 38.6 Å². The van der Waals surface area contributed by atoms with Crippen molar-refractivity contribution in [2.24, 2.45) is 0 Å². The molecule has 0 atom stereocenters. The predicted octanol–water partition coefficient (Wildman–Crippen LogP) is 4.34. The van der Waals surface area contributed by atoms with E-state index in [-0.39, 0.29) is 5.56 Å². The Kier molecular flexibility index (Phi) is 4.53. The Morgan fingerprint density at radius 2 is 2.06 bits per heavy atom. The standard InChI is InChI=1S/C12H8Br2FNOS/c13-8-2-1-3-9(15)11(8)12(17)16-6-7-4-5-10(14)18-7/h1-5H,6H2,(H,16,17). The average molecular weight is 393 g/mol. The van der Waals surface area contributed by atoms with Gasteiger partial charge in [-0.05, 0) is 56.1 Å². The Labute approximate surface area is 124 Å². The second kappa shape index (κ2) is 5.95. The lowest BCUT2D eigenvalue weighted by atomic mass is 10.2. The molecule has 0 aliphatic rings. The minimum Gasteiger partial charge on any atom is -0.347 e. The first-order chi connectivity index (χ1) is 8.58. The third-order valence-corrected chi connectivity index (χ3v) is 4.53. The number of hydrogen-bond donors (Lipinski definition) is 1. The Bertz CT molecular complexity index is 565. The minimum atomic E-state index is -0.533. The molecule has 0 aliphatic heterocycles. The Balaban J connectivity index is 2.08. The van der Waals surface area contributed by atoms with Crippen molar-refractivity contribution in [2.45, 2.75) is 6.54 Å². The van der Waals surface area contributed by atoms with Crippen LogP contribution >= 0.6 is 43.2 Å². The van der Waals surface area contributed by atoms with Crippen LogP contribution in [0.5, 0.6) is 0 Å². The summed E-state index contributed by atoms with van der Waals surface area (Å²) in [6, 6.07) is 8.27. The summed E-state index contributed by atoms with van der Waals surface area (Å²) in [5, 5.41) is 2.69. The van der Waals surface area contributed by atoms with Crippen molar-refractivity contribution in [1.29, 1.82) is 0 Å². The van der Waals surface area contributed by atoms with Gasteiger partial charge in [0.1, 0.15) is 5.82 Å². The molecule has 0 fully saturated rings. The molecule has 2 aromatic rings. The Hall–Kier alpha value is -0.720. The highest BCUT2D eigenvalue weighted by Crippen LogP contribution is 2.23. The Morgan fingerprint density at radius 3 is 2.67 bits per heavy atom. The number of amides is 1. The lowest BCUT2D eigenvalue weighted by Crippen LogP contribution is -2.23. The molecule has 94 valence electrons. The number of carbonyl (C=O) groups is 1. The van der Waals surface area contributed by atoms with Gasteiger partial charge in [0.25, 0.3) is 5.91 Å². The maximum Gasteiger partial charge on any atom is 0.255 e. The van der Waals surface area contributed by atoms with Crippen molar-refractivity contribution in [3.63, 3.8) is 0 Å². The average Bonchev–Trinajstić information content (AvgIpc) is 2.72. The number of halogens is 3. The first-order valence-electron chi connectivity index (χ1n) is 5.04. The van der Waals surface area contributed by atoms with Gasteiger partial charge in [0.2, 0.25) is 0 Å². The summed E-state index contributed by atoms with van der Waals surface area (Å²) in [6.07, 6.45) is 0. The van der Waals surface area contributed by atoms with Crippen LogP contribution in [-0.2, 0) is 6.54 Å². The third kappa shape index (κ3) is 3.18. The Morgan fingerprint density at radius 1 is 1.28 bits per heavy atom. The maximum atomic E-state index is 13.5. The number of carbonyl (C=O) groups excluding carboxylic acids is 1. The number of benzene rings is 1. The van der Waals surface area contributed by atoms with Crippen LogP contribution in [0.25, 0.3) is 0 Å². The largest absolute Gasteiger partial charge is 0.347 e. The van der Waals surface area contributed by atoms with Crippen LogP contribution in [0.2, 0.25) is 0 Å². The molecule has 1 heterocycles. The van der Waals surface area contributed by atoms with Crippen molar-refractivity contribution >= 4 is 49.1 Å². The molecule has 1 amide bonds. The molecule has 0 spiro atoms. The summed E-state index contributed by atoms with van der Waals surface area (Å²) < 4.78 is 15.0. The van der Waals surface area contributed by atoms with Crippen LogP contribution in [0, 0.1) is 5.82 Å². The first kappa shape index (κ1) is 13.7. The maximum absolute atomic E-state index is 13.5. The second-order valence-corrected chi connectivity index (χ2v) is 6.89. The third-order valence-electron chi connectivity index (χ3n) is 2.24. The van der Waals surface area contributed by atoms with Crippen LogP contribution in [-0.4, -0.2) is 5.91 Å². The first-order valence-corrected chi connectivity index (χ1v) is 7.44. The number of thiophene rings is 1. The van der Waals surface area contributed by atoms with E-state index in [1.54, 1.807) is 12.1 Å². The molecule has 18 heavy (non-hydrogen) atoms. The van der Waals surface area contributed by atoms with Gasteiger partial charge in [-0.25, -0.2) is 4.39 Å². The molecule has 2 rings (SSSR count). The van der Waals surface area contributed by atoms with E-state index in [9.17, 15) is 9.18 Å². The van der Waals surface area contributed by atoms with E-state index in [2.05, 4.69) is 37.2 Å². The summed E-state index contributed by atoms with van der Waals surface area (Å²) >= 11 is 8.05. The van der Waals surface area contributed by atoms with Gasteiger partial charge in [-0.15, -0.1) is 11.3 Å². The summed E-state index contributed by atoms with van der Waals surface area (Å²) in [5.41, 5.74) is 0.0353. The van der Waals surface area contributed by atoms with Gasteiger partial charge in [0.15, 0.2) is 0 Å². The van der Waals surface area contributed by atoms with Crippen LogP contribution < -0.4 is 5.32 Å². The van der Waals surface area contributed by atoms with Crippen LogP contribution in [0.3, 0.4) is 0 Å². The predicted molar refractivity (Wildman–Crippen MR) is 77.3 cm³/mol. The number of rotatable bonds is 3. The quantitative estimate of drug-likeness (QED) is 0.826. The van der Waals surface area contributed by atoms with Crippen molar-refractivity contribution in [3.8, 4) is 0 Å². The van der Waals surface area contributed by atoms with Gasteiger partial charge in [-0.2, -0.15) is 0 Å². The molecule has 1 aromatic heterocycles. The lowest BCUT2D eigenvalue weighted by Gasteiger charge is -2.06. The van der Waals surface area contributed by atoms with E-state index in [4.69, 9.17) is 0 Å². The zero-order valence-corrected chi connectivity index (χ0v) is 13.0. The number of nitrogens with one attached hydrogen (secondary N) is 1. The molecule has 0 saturated carbocycles. The van der Waals surface area contributed by atoms with Crippen LogP contribution in [0.4, 0.5) is 4.39 Å². The van der Waals surface area contributed by atoms with E-state index in [1.807, 2.05) is 12.1 Å². The van der Waals surface area contributed by atoms with Crippen molar-refractivity contribution in [2.75, 3.05) is 0 Å². The smallest absolute Gasteiger partial charge is 0.255 e. The molecule has 1 aromatic carbocycles. The van der Waals surface area contributed by atoms with E-state index < -0.39 is 11.7 Å². The second-order valence-electron chi connectivity index (χ2n) is 3.49. The monoisotopic (exact) mass is 391 g/mol. The SMILES string of the molecule is O=C(NCc1ccc(Br)s1)c1c(F)cccc1Br. The summed E-state index contributed by atoms with van der Waals surface area (Å²) in [4.78, 5) is 12.9. The fourth-order valence-electron chi connectivity index (χ4n) is 1.42. The molecule has 2 nitrogen and oxygen atoms in total. The highest BCUT2D eigenvalue weighted by atomic mass is 79.9. The van der Waals surface area contributed by atoms with Gasteiger partial charge >= 0.3 is 0 Å². The summed E-state index contributed by atoms with van der Waals surface area (Å²) in [6.45, 7) is 0.385. The fourth-order valence-corrected chi connectivity index (χ4v) is 3.36. The van der Waals surface area contributed by atoms with Gasteiger partial charge in [-0.1, -0.05) is 6.07 Å². The molecule has 0 bridgehead atoms. The summed E-state index contributed by atoms with van der Waals surface area (Å²) in [5.74, 6) is -0.960. The molecular weight excluding hydrogens is 385 g/mol. The van der Waals surface area contributed by atoms with Gasteiger partial charge < -0.3 is 5.32 Å². The van der Waals surface area contributed by atoms with E-state index in [1.165, 1.54) is 17.4 Å². The zero-order chi connectivity index (χ0) is 13.1. The molecule has 0 radical (unpaired) electrons. The molecule has 1 N–H and O–H groups in total. The number of hydrogen-bond acceptors (Lipinski definition) is 2. The molecular formula is C12H8Br2FNOS. The van der Waals surface area contributed by atoms with Crippen molar-refractivity contribution in [1.82, 2.24) is 5.32 Å². The fraction of sp³-hybridized carbons (Fsp3) is 0.0833. The lowest BCUT2D eigenvalue weighted by molar-refractivity contribution is 0.0946. The van der Waals surface area contributed by atoms with E-state index in [0.717, 1.165) is 8.66 Å². The molecule has 0 unspecified atom stereocenters. The minimum absolute atomic E-state index is 0.0353.